The van der Waals surface area contributed by atoms with Crippen LogP contribution in [-0.2, 0) is 4.79 Å². The fourth-order valence-corrected chi connectivity index (χ4v) is 1.93. The number of amidine groups is 1. The molecule has 0 unspecified atom stereocenters. The number of pyridine rings is 1. The van der Waals surface area contributed by atoms with Gasteiger partial charge in [0.1, 0.15) is 11.5 Å². The SMILES string of the molecule is Cc1ccc(/C=C2/N=C(c3cccnc3)NC2=O)cc1. The summed E-state index contributed by atoms with van der Waals surface area (Å²) in [7, 11) is 0. The number of rotatable bonds is 2. The molecule has 98 valence electrons. The number of hydrogen-bond donors (Lipinski definition) is 1. The summed E-state index contributed by atoms with van der Waals surface area (Å²) in [5.41, 5.74) is 3.35. The van der Waals surface area contributed by atoms with Crippen LogP contribution in [0, 0.1) is 6.92 Å². The number of hydrogen-bond acceptors (Lipinski definition) is 3. The third-order valence-corrected chi connectivity index (χ3v) is 3.01. The van der Waals surface area contributed by atoms with Crippen molar-refractivity contribution in [2.45, 2.75) is 6.92 Å². The van der Waals surface area contributed by atoms with Gasteiger partial charge in [0.05, 0.1) is 0 Å². The van der Waals surface area contributed by atoms with Gasteiger partial charge in [-0.2, -0.15) is 0 Å². The predicted molar refractivity (Wildman–Crippen MR) is 78.1 cm³/mol. The van der Waals surface area contributed by atoms with Crippen molar-refractivity contribution in [2.24, 2.45) is 4.99 Å². The summed E-state index contributed by atoms with van der Waals surface area (Å²) in [4.78, 5) is 20.3. The second-order valence-electron chi connectivity index (χ2n) is 4.60. The Hall–Kier alpha value is -2.75. The van der Waals surface area contributed by atoms with E-state index >= 15 is 0 Å². The molecule has 4 heteroatoms. The molecule has 1 aliphatic rings. The fraction of sp³-hybridized carbons (Fsp3) is 0.0625. The predicted octanol–water partition coefficient (Wildman–Crippen LogP) is 2.31. The van der Waals surface area contributed by atoms with Gasteiger partial charge in [-0.25, -0.2) is 4.99 Å². The van der Waals surface area contributed by atoms with Crippen LogP contribution in [0.1, 0.15) is 16.7 Å². The van der Waals surface area contributed by atoms with Crippen molar-refractivity contribution in [3.8, 4) is 0 Å². The third-order valence-electron chi connectivity index (χ3n) is 3.01. The summed E-state index contributed by atoms with van der Waals surface area (Å²) < 4.78 is 0. The van der Waals surface area contributed by atoms with E-state index < -0.39 is 0 Å². The molecule has 0 saturated carbocycles. The summed E-state index contributed by atoms with van der Waals surface area (Å²) in [5.74, 6) is 0.353. The maximum Gasteiger partial charge on any atom is 0.275 e. The van der Waals surface area contributed by atoms with Crippen molar-refractivity contribution in [2.75, 3.05) is 0 Å². The molecule has 4 nitrogen and oxygen atoms in total. The van der Waals surface area contributed by atoms with Crippen molar-refractivity contribution in [1.29, 1.82) is 0 Å². The van der Waals surface area contributed by atoms with Crippen LogP contribution in [0.2, 0.25) is 0 Å². The second kappa shape index (κ2) is 5.09. The Morgan fingerprint density at radius 2 is 1.95 bits per heavy atom. The molecule has 1 aromatic carbocycles. The average molecular weight is 263 g/mol. The molecule has 0 spiro atoms. The number of aliphatic imine (C=N–C) groups is 1. The van der Waals surface area contributed by atoms with E-state index in [1.165, 1.54) is 5.56 Å². The molecule has 1 N–H and O–H groups in total. The molecule has 0 fully saturated rings. The van der Waals surface area contributed by atoms with Gasteiger partial charge in [-0.05, 0) is 30.7 Å². The lowest BCUT2D eigenvalue weighted by atomic mass is 10.1. The molecule has 20 heavy (non-hydrogen) atoms. The Morgan fingerprint density at radius 1 is 1.15 bits per heavy atom. The Balaban J connectivity index is 1.92. The van der Waals surface area contributed by atoms with Crippen LogP contribution in [0.15, 0.2) is 59.5 Å². The van der Waals surface area contributed by atoms with E-state index in [9.17, 15) is 4.79 Å². The molecule has 0 bridgehead atoms. The van der Waals surface area contributed by atoms with Crippen molar-refractivity contribution in [3.63, 3.8) is 0 Å². The quantitative estimate of drug-likeness (QED) is 0.845. The van der Waals surface area contributed by atoms with E-state index in [0.29, 0.717) is 11.5 Å². The molecular weight excluding hydrogens is 250 g/mol. The van der Waals surface area contributed by atoms with Gasteiger partial charge < -0.3 is 5.32 Å². The maximum absolute atomic E-state index is 11.9. The summed E-state index contributed by atoms with van der Waals surface area (Å²) in [5, 5.41) is 2.75. The second-order valence-corrected chi connectivity index (χ2v) is 4.60. The first-order chi connectivity index (χ1) is 9.72. The fourth-order valence-electron chi connectivity index (χ4n) is 1.93. The van der Waals surface area contributed by atoms with Crippen molar-refractivity contribution >= 4 is 17.8 Å². The van der Waals surface area contributed by atoms with Crippen molar-refractivity contribution in [3.05, 3.63) is 71.2 Å². The molecule has 0 aliphatic carbocycles. The van der Waals surface area contributed by atoms with Crippen molar-refractivity contribution in [1.82, 2.24) is 10.3 Å². The van der Waals surface area contributed by atoms with Crippen molar-refractivity contribution < 1.29 is 4.79 Å². The lowest BCUT2D eigenvalue weighted by Crippen LogP contribution is -2.24. The highest BCUT2D eigenvalue weighted by molar-refractivity contribution is 6.19. The Morgan fingerprint density at radius 3 is 2.65 bits per heavy atom. The first-order valence-corrected chi connectivity index (χ1v) is 6.31. The molecule has 1 aromatic heterocycles. The highest BCUT2D eigenvalue weighted by Gasteiger charge is 2.20. The maximum atomic E-state index is 11.9. The average Bonchev–Trinajstić information content (AvgIpc) is 2.84. The number of benzene rings is 1. The number of aryl methyl sites for hydroxylation is 1. The zero-order valence-electron chi connectivity index (χ0n) is 11.0. The number of carbonyl (C=O) groups is 1. The highest BCUT2D eigenvalue weighted by atomic mass is 16.2. The van der Waals surface area contributed by atoms with Gasteiger partial charge in [-0.1, -0.05) is 29.8 Å². The minimum atomic E-state index is -0.190. The molecule has 3 rings (SSSR count). The topological polar surface area (TPSA) is 54.4 Å². The van der Waals surface area contributed by atoms with Gasteiger partial charge >= 0.3 is 0 Å². The van der Waals surface area contributed by atoms with Gasteiger partial charge in [-0.15, -0.1) is 0 Å². The van der Waals surface area contributed by atoms with Crippen LogP contribution in [0.25, 0.3) is 6.08 Å². The van der Waals surface area contributed by atoms with E-state index in [2.05, 4.69) is 15.3 Å². The molecule has 0 saturated heterocycles. The largest absolute Gasteiger partial charge is 0.305 e. The van der Waals surface area contributed by atoms with E-state index in [-0.39, 0.29) is 5.91 Å². The number of nitrogens with zero attached hydrogens (tertiary/aromatic N) is 2. The summed E-state index contributed by atoms with van der Waals surface area (Å²) in [6.45, 7) is 2.03. The van der Waals surface area contributed by atoms with Crippen LogP contribution in [0.3, 0.4) is 0 Å². The third kappa shape index (κ3) is 2.49. The molecule has 1 amide bonds. The Labute approximate surface area is 116 Å². The molecule has 2 heterocycles. The first kappa shape index (κ1) is 12.3. The molecule has 1 aliphatic heterocycles. The number of amides is 1. The number of carbonyl (C=O) groups excluding carboxylic acids is 1. The van der Waals surface area contributed by atoms with Crippen LogP contribution in [0.5, 0.6) is 0 Å². The van der Waals surface area contributed by atoms with E-state index in [1.807, 2.05) is 43.3 Å². The van der Waals surface area contributed by atoms with Gasteiger partial charge in [-0.3, -0.25) is 9.78 Å². The molecule has 2 aromatic rings. The highest BCUT2D eigenvalue weighted by Crippen LogP contribution is 2.15. The monoisotopic (exact) mass is 263 g/mol. The molecule has 0 atom stereocenters. The number of aromatic nitrogens is 1. The van der Waals surface area contributed by atoms with Gasteiger partial charge in [0, 0.05) is 18.0 Å². The normalized spacial score (nSPS) is 16.1. The minimum Gasteiger partial charge on any atom is -0.305 e. The van der Waals surface area contributed by atoms with Gasteiger partial charge in [0.15, 0.2) is 0 Å². The Bertz CT molecular complexity index is 700. The number of nitrogens with one attached hydrogen (secondary N) is 1. The standard InChI is InChI=1S/C16H13N3O/c1-11-4-6-12(7-5-11)9-14-16(20)19-15(18-14)13-3-2-8-17-10-13/h2-10H,1H3,(H,18,19,20)/b14-9+. The zero-order valence-corrected chi connectivity index (χ0v) is 11.0. The summed E-state index contributed by atoms with van der Waals surface area (Å²) in [6, 6.07) is 11.6. The Kier molecular flexibility index (Phi) is 3.13. The molecule has 0 radical (unpaired) electrons. The van der Waals surface area contributed by atoms with Crippen LogP contribution >= 0.6 is 0 Å². The smallest absolute Gasteiger partial charge is 0.275 e. The lowest BCUT2D eigenvalue weighted by Gasteiger charge is -1.97. The van der Waals surface area contributed by atoms with E-state index in [1.54, 1.807) is 18.5 Å². The zero-order chi connectivity index (χ0) is 13.9. The lowest BCUT2D eigenvalue weighted by molar-refractivity contribution is -0.115. The van der Waals surface area contributed by atoms with Crippen LogP contribution < -0.4 is 5.32 Å². The van der Waals surface area contributed by atoms with Crippen LogP contribution in [-0.4, -0.2) is 16.7 Å². The summed E-state index contributed by atoms with van der Waals surface area (Å²) in [6.07, 6.45) is 5.13. The van der Waals surface area contributed by atoms with Gasteiger partial charge in [0.2, 0.25) is 0 Å². The summed E-state index contributed by atoms with van der Waals surface area (Å²) >= 11 is 0. The molecular formula is C16H13N3O. The van der Waals surface area contributed by atoms with E-state index in [0.717, 1.165) is 11.1 Å². The van der Waals surface area contributed by atoms with Crippen LogP contribution in [0.4, 0.5) is 0 Å². The van der Waals surface area contributed by atoms with Gasteiger partial charge in [0.25, 0.3) is 5.91 Å². The van der Waals surface area contributed by atoms with E-state index in [4.69, 9.17) is 0 Å². The minimum absolute atomic E-state index is 0.190. The first-order valence-electron chi connectivity index (χ1n) is 6.31.